The molecular weight excluding hydrogens is 186 g/mol. The SMILES string of the molecule is CN(C)C1(c2ccc(C=O)cc2)CCC1. The Bertz CT molecular complexity index is 349. The molecule has 0 radical (unpaired) electrons. The third-order valence-corrected chi connectivity index (χ3v) is 3.62. The Morgan fingerprint density at radius 3 is 2.13 bits per heavy atom. The molecule has 15 heavy (non-hydrogen) atoms. The molecule has 0 bridgehead atoms. The van der Waals surface area contributed by atoms with E-state index in [0.29, 0.717) is 0 Å². The third-order valence-electron chi connectivity index (χ3n) is 3.62. The molecule has 0 aliphatic heterocycles. The summed E-state index contributed by atoms with van der Waals surface area (Å²) in [7, 11) is 4.26. The zero-order chi connectivity index (χ0) is 10.9. The van der Waals surface area contributed by atoms with Gasteiger partial charge in [-0.05, 0) is 38.9 Å². The van der Waals surface area contributed by atoms with Crippen molar-refractivity contribution in [2.45, 2.75) is 24.8 Å². The molecule has 2 nitrogen and oxygen atoms in total. The van der Waals surface area contributed by atoms with Crippen LogP contribution in [0.1, 0.15) is 35.2 Å². The Balaban J connectivity index is 2.31. The van der Waals surface area contributed by atoms with Gasteiger partial charge in [0.25, 0.3) is 0 Å². The van der Waals surface area contributed by atoms with Gasteiger partial charge in [0.2, 0.25) is 0 Å². The van der Waals surface area contributed by atoms with Crippen LogP contribution in [-0.2, 0) is 5.54 Å². The maximum Gasteiger partial charge on any atom is 0.150 e. The third kappa shape index (κ3) is 1.59. The van der Waals surface area contributed by atoms with Gasteiger partial charge in [-0.25, -0.2) is 0 Å². The van der Waals surface area contributed by atoms with E-state index in [-0.39, 0.29) is 5.54 Å². The van der Waals surface area contributed by atoms with Gasteiger partial charge in [0, 0.05) is 11.1 Å². The fraction of sp³-hybridized carbons (Fsp3) is 0.462. The average molecular weight is 203 g/mol. The molecule has 0 spiro atoms. The number of hydrogen-bond donors (Lipinski definition) is 0. The van der Waals surface area contributed by atoms with Crippen LogP contribution in [0.4, 0.5) is 0 Å². The van der Waals surface area contributed by atoms with Crippen LogP contribution in [0.25, 0.3) is 0 Å². The molecule has 0 heterocycles. The number of aldehydes is 1. The Morgan fingerprint density at radius 2 is 1.80 bits per heavy atom. The van der Waals surface area contributed by atoms with E-state index >= 15 is 0 Å². The van der Waals surface area contributed by atoms with Crippen molar-refractivity contribution >= 4 is 6.29 Å². The van der Waals surface area contributed by atoms with Crippen molar-refractivity contribution in [3.8, 4) is 0 Å². The molecule has 0 amide bonds. The number of hydrogen-bond acceptors (Lipinski definition) is 2. The molecule has 1 aromatic rings. The summed E-state index contributed by atoms with van der Waals surface area (Å²) in [5.74, 6) is 0. The summed E-state index contributed by atoms with van der Waals surface area (Å²) < 4.78 is 0. The van der Waals surface area contributed by atoms with Crippen LogP contribution in [0, 0.1) is 0 Å². The first-order valence-corrected chi connectivity index (χ1v) is 5.42. The highest BCUT2D eigenvalue weighted by Crippen LogP contribution is 2.44. The van der Waals surface area contributed by atoms with Crippen molar-refractivity contribution in [3.63, 3.8) is 0 Å². The second kappa shape index (κ2) is 3.78. The van der Waals surface area contributed by atoms with Gasteiger partial charge in [-0.3, -0.25) is 9.69 Å². The molecule has 0 N–H and O–H groups in total. The molecule has 1 aliphatic rings. The van der Waals surface area contributed by atoms with E-state index in [4.69, 9.17) is 0 Å². The van der Waals surface area contributed by atoms with Crippen molar-refractivity contribution in [1.82, 2.24) is 4.90 Å². The molecule has 0 saturated heterocycles. The van der Waals surface area contributed by atoms with Crippen LogP contribution in [0.3, 0.4) is 0 Å². The normalized spacial score (nSPS) is 18.6. The van der Waals surface area contributed by atoms with Crippen molar-refractivity contribution in [3.05, 3.63) is 35.4 Å². The first-order chi connectivity index (χ1) is 7.19. The number of carbonyl (C=O) groups excluding carboxylic acids is 1. The molecule has 1 fully saturated rings. The standard InChI is InChI=1S/C13H17NO/c1-14(2)13(8-3-9-13)12-6-4-11(10-15)5-7-12/h4-7,10H,3,8-9H2,1-2H3. The van der Waals surface area contributed by atoms with E-state index < -0.39 is 0 Å². The Labute approximate surface area is 90.9 Å². The summed E-state index contributed by atoms with van der Waals surface area (Å²) in [6, 6.07) is 7.99. The lowest BCUT2D eigenvalue weighted by molar-refractivity contribution is 0.0577. The highest BCUT2D eigenvalue weighted by molar-refractivity contribution is 5.74. The minimum atomic E-state index is 0.224. The lowest BCUT2D eigenvalue weighted by Gasteiger charge is -2.48. The molecule has 80 valence electrons. The molecule has 0 aromatic heterocycles. The Kier molecular flexibility index (Phi) is 2.61. The van der Waals surface area contributed by atoms with E-state index in [1.165, 1.54) is 24.8 Å². The van der Waals surface area contributed by atoms with E-state index in [1.54, 1.807) is 0 Å². The summed E-state index contributed by atoms with van der Waals surface area (Å²) in [6.45, 7) is 0. The van der Waals surface area contributed by atoms with Gasteiger partial charge >= 0.3 is 0 Å². The molecule has 0 atom stereocenters. The zero-order valence-corrected chi connectivity index (χ0v) is 9.36. The zero-order valence-electron chi connectivity index (χ0n) is 9.36. The number of benzene rings is 1. The monoisotopic (exact) mass is 203 g/mol. The second-order valence-corrected chi connectivity index (χ2v) is 4.52. The molecule has 1 aliphatic carbocycles. The summed E-state index contributed by atoms with van der Waals surface area (Å²) in [6.07, 6.45) is 4.64. The molecule has 2 heteroatoms. The van der Waals surface area contributed by atoms with Crippen molar-refractivity contribution in [2.24, 2.45) is 0 Å². The smallest absolute Gasteiger partial charge is 0.150 e. The van der Waals surface area contributed by atoms with Crippen LogP contribution in [0.2, 0.25) is 0 Å². The van der Waals surface area contributed by atoms with E-state index in [9.17, 15) is 4.79 Å². The largest absolute Gasteiger partial charge is 0.300 e. The summed E-state index contributed by atoms with van der Waals surface area (Å²) >= 11 is 0. The first-order valence-electron chi connectivity index (χ1n) is 5.42. The minimum absolute atomic E-state index is 0.224. The van der Waals surface area contributed by atoms with Gasteiger partial charge in [0.15, 0.2) is 0 Å². The van der Waals surface area contributed by atoms with E-state index in [0.717, 1.165) is 11.8 Å². The Hall–Kier alpha value is -1.15. The quantitative estimate of drug-likeness (QED) is 0.703. The summed E-state index contributed by atoms with van der Waals surface area (Å²) in [5.41, 5.74) is 2.32. The van der Waals surface area contributed by atoms with Gasteiger partial charge in [0.05, 0.1) is 0 Å². The van der Waals surface area contributed by atoms with Crippen LogP contribution in [-0.4, -0.2) is 25.3 Å². The van der Waals surface area contributed by atoms with Crippen LogP contribution in [0.15, 0.2) is 24.3 Å². The molecular formula is C13H17NO. The number of nitrogens with zero attached hydrogens (tertiary/aromatic N) is 1. The van der Waals surface area contributed by atoms with Crippen LogP contribution in [0.5, 0.6) is 0 Å². The van der Waals surface area contributed by atoms with Crippen molar-refractivity contribution in [1.29, 1.82) is 0 Å². The summed E-state index contributed by atoms with van der Waals surface area (Å²) in [4.78, 5) is 12.9. The highest BCUT2D eigenvalue weighted by atomic mass is 16.1. The second-order valence-electron chi connectivity index (χ2n) is 4.52. The van der Waals surface area contributed by atoms with E-state index in [2.05, 4.69) is 31.1 Å². The fourth-order valence-corrected chi connectivity index (χ4v) is 2.38. The summed E-state index contributed by atoms with van der Waals surface area (Å²) in [5, 5.41) is 0. The minimum Gasteiger partial charge on any atom is -0.300 e. The lowest BCUT2D eigenvalue weighted by atomic mass is 9.71. The van der Waals surface area contributed by atoms with E-state index in [1.807, 2.05) is 12.1 Å². The Morgan fingerprint density at radius 1 is 1.20 bits per heavy atom. The fourth-order valence-electron chi connectivity index (χ4n) is 2.38. The van der Waals surface area contributed by atoms with Crippen molar-refractivity contribution < 1.29 is 4.79 Å². The maximum absolute atomic E-state index is 10.6. The van der Waals surface area contributed by atoms with Crippen LogP contribution >= 0.6 is 0 Å². The molecule has 1 aromatic carbocycles. The van der Waals surface area contributed by atoms with Gasteiger partial charge in [0.1, 0.15) is 6.29 Å². The van der Waals surface area contributed by atoms with Gasteiger partial charge in [-0.15, -0.1) is 0 Å². The number of rotatable bonds is 3. The number of carbonyl (C=O) groups is 1. The molecule has 0 unspecified atom stereocenters. The lowest BCUT2D eigenvalue weighted by Crippen LogP contribution is -2.47. The maximum atomic E-state index is 10.6. The molecule has 2 rings (SSSR count). The first kappa shape index (κ1) is 10.4. The molecule has 1 saturated carbocycles. The predicted octanol–water partition coefficient (Wildman–Crippen LogP) is 2.44. The predicted molar refractivity (Wildman–Crippen MR) is 61.0 cm³/mol. The van der Waals surface area contributed by atoms with Crippen molar-refractivity contribution in [2.75, 3.05) is 14.1 Å². The highest BCUT2D eigenvalue weighted by Gasteiger charge is 2.40. The van der Waals surface area contributed by atoms with Gasteiger partial charge in [-0.1, -0.05) is 24.3 Å². The topological polar surface area (TPSA) is 20.3 Å². The van der Waals surface area contributed by atoms with Gasteiger partial charge < -0.3 is 0 Å². The van der Waals surface area contributed by atoms with Gasteiger partial charge in [-0.2, -0.15) is 0 Å². The van der Waals surface area contributed by atoms with Crippen LogP contribution < -0.4 is 0 Å². The average Bonchev–Trinajstić information content (AvgIpc) is 2.16.